The number of hydrogen-bond acceptors (Lipinski definition) is 3. The molecule has 26 heavy (non-hydrogen) atoms. The molecule has 3 N–H and O–H groups in total. The SMILES string of the molecule is COc1ccc(NC(N)=NCC2(c3ccccc3F)CC2)cc1OC.I. The molecule has 140 valence electrons. The first-order valence-electron chi connectivity index (χ1n) is 8.12. The van der Waals surface area contributed by atoms with Crippen molar-refractivity contribution in [3.8, 4) is 11.5 Å². The molecule has 3 rings (SSSR count). The van der Waals surface area contributed by atoms with Gasteiger partial charge >= 0.3 is 0 Å². The lowest BCUT2D eigenvalue weighted by atomic mass is 9.95. The van der Waals surface area contributed by atoms with Crippen molar-refractivity contribution < 1.29 is 13.9 Å². The van der Waals surface area contributed by atoms with E-state index in [4.69, 9.17) is 15.2 Å². The Kier molecular flexibility index (Phi) is 6.69. The molecule has 1 saturated carbocycles. The molecule has 5 nitrogen and oxygen atoms in total. The van der Waals surface area contributed by atoms with Gasteiger partial charge in [-0.25, -0.2) is 4.39 Å². The van der Waals surface area contributed by atoms with Crippen molar-refractivity contribution in [3.05, 3.63) is 53.8 Å². The Labute approximate surface area is 169 Å². The number of nitrogens with one attached hydrogen (secondary N) is 1. The van der Waals surface area contributed by atoms with Gasteiger partial charge in [0, 0.05) is 17.2 Å². The normalized spacial score (nSPS) is 15.0. The molecule has 1 aliphatic carbocycles. The van der Waals surface area contributed by atoms with E-state index in [0.29, 0.717) is 18.0 Å². The molecule has 0 atom stereocenters. The van der Waals surface area contributed by atoms with Crippen LogP contribution in [0.4, 0.5) is 10.1 Å². The molecule has 0 spiro atoms. The van der Waals surface area contributed by atoms with E-state index in [0.717, 1.165) is 24.1 Å². The second kappa shape index (κ2) is 8.57. The van der Waals surface area contributed by atoms with Crippen molar-refractivity contribution in [3.63, 3.8) is 0 Å². The number of benzene rings is 2. The third-order valence-corrected chi connectivity index (χ3v) is 4.51. The summed E-state index contributed by atoms with van der Waals surface area (Å²) in [5.74, 6) is 1.35. The average molecular weight is 471 g/mol. The molecule has 0 radical (unpaired) electrons. The standard InChI is InChI=1S/C19H22FN3O2.HI/c1-24-16-8-7-13(11-17(16)25-2)23-18(21)22-12-19(9-10-19)14-5-3-4-6-15(14)20;/h3-8,11H,9-10,12H2,1-2H3,(H3,21,22,23);1H. The van der Waals surface area contributed by atoms with E-state index in [-0.39, 0.29) is 41.2 Å². The predicted octanol–water partition coefficient (Wildman–Crippen LogP) is 3.92. The molecule has 0 aliphatic heterocycles. The number of nitrogens with two attached hydrogens (primary N) is 1. The van der Waals surface area contributed by atoms with Crippen LogP contribution in [0.2, 0.25) is 0 Å². The zero-order valence-corrected chi connectivity index (χ0v) is 17.1. The Bertz CT molecular complexity index is 794. The minimum atomic E-state index is -0.227. The van der Waals surface area contributed by atoms with E-state index in [2.05, 4.69) is 10.3 Å². The van der Waals surface area contributed by atoms with Crippen LogP contribution in [-0.4, -0.2) is 26.7 Å². The Hall–Kier alpha value is -2.03. The number of hydrogen-bond donors (Lipinski definition) is 2. The maximum atomic E-state index is 14.0. The number of anilines is 1. The van der Waals surface area contributed by atoms with E-state index in [1.165, 1.54) is 6.07 Å². The Balaban J connectivity index is 0.00000243. The largest absolute Gasteiger partial charge is 0.493 e. The fourth-order valence-electron chi connectivity index (χ4n) is 2.89. The number of ether oxygens (including phenoxy) is 2. The second-order valence-corrected chi connectivity index (χ2v) is 6.16. The molecule has 2 aromatic carbocycles. The molecule has 0 aromatic heterocycles. The first-order chi connectivity index (χ1) is 12.1. The molecule has 1 aliphatic rings. The average Bonchev–Trinajstić information content (AvgIpc) is 3.41. The van der Waals surface area contributed by atoms with Gasteiger partial charge < -0.3 is 20.5 Å². The van der Waals surface area contributed by atoms with Crippen molar-refractivity contribution in [2.24, 2.45) is 10.7 Å². The van der Waals surface area contributed by atoms with Gasteiger partial charge in [-0.05, 0) is 36.6 Å². The molecule has 0 saturated heterocycles. The van der Waals surface area contributed by atoms with Crippen LogP contribution in [0.25, 0.3) is 0 Å². The van der Waals surface area contributed by atoms with Gasteiger partial charge in [-0.2, -0.15) is 0 Å². The van der Waals surface area contributed by atoms with Crippen molar-refractivity contribution in [2.45, 2.75) is 18.3 Å². The summed E-state index contributed by atoms with van der Waals surface area (Å²) in [6.45, 7) is 0.458. The summed E-state index contributed by atoms with van der Waals surface area (Å²) in [7, 11) is 3.16. The Morgan fingerprint density at radius 1 is 1.15 bits per heavy atom. The van der Waals surface area contributed by atoms with Gasteiger partial charge in [0.15, 0.2) is 17.5 Å². The molecular formula is C19H23FIN3O2. The summed E-state index contributed by atoms with van der Waals surface area (Å²) in [5.41, 5.74) is 7.23. The van der Waals surface area contributed by atoms with Gasteiger partial charge in [0.25, 0.3) is 0 Å². The number of aliphatic imine (C=N–C) groups is 1. The summed E-state index contributed by atoms with van der Waals surface area (Å²) in [6, 6.07) is 12.3. The lowest BCUT2D eigenvalue weighted by Gasteiger charge is -2.15. The summed E-state index contributed by atoms with van der Waals surface area (Å²) in [4.78, 5) is 4.41. The van der Waals surface area contributed by atoms with Gasteiger partial charge in [0.05, 0.1) is 20.8 Å². The van der Waals surface area contributed by atoms with E-state index in [9.17, 15) is 4.39 Å². The van der Waals surface area contributed by atoms with Crippen LogP contribution in [0.5, 0.6) is 11.5 Å². The van der Waals surface area contributed by atoms with Crippen molar-refractivity contribution in [1.82, 2.24) is 0 Å². The van der Waals surface area contributed by atoms with Crippen molar-refractivity contribution >= 4 is 35.6 Å². The maximum Gasteiger partial charge on any atom is 0.193 e. The van der Waals surface area contributed by atoms with Crippen molar-refractivity contribution in [1.29, 1.82) is 0 Å². The molecule has 0 unspecified atom stereocenters. The third-order valence-electron chi connectivity index (χ3n) is 4.51. The zero-order chi connectivity index (χ0) is 17.9. The summed E-state index contributed by atoms with van der Waals surface area (Å²) in [5, 5.41) is 3.03. The highest BCUT2D eigenvalue weighted by Crippen LogP contribution is 2.49. The number of halogens is 2. The molecule has 0 bridgehead atoms. The zero-order valence-electron chi connectivity index (χ0n) is 14.8. The van der Waals surface area contributed by atoms with Gasteiger partial charge in [-0.3, -0.25) is 4.99 Å². The first kappa shape index (κ1) is 20.3. The number of methoxy groups -OCH3 is 2. The fourth-order valence-corrected chi connectivity index (χ4v) is 2.89. The molecule has 0 amide bonds. The van der Waals surface area contributed by atoms with Crippen LogP contribution < -0.4 is 20.5 Å². The Morgan fingerprint density at radius 3 is 2.46 bits per heavy atom. The van der Waals surface area contributed by atoms with Crippen LogP contribution in [-0.2, 0) is 5.41 Å². The molecule has 2 aromatic rings. The van der Waals surface area contributed by atoms with Crippen LogP contribution in [0.1, 0.15) is 18.4 Å². The van der Waals surface area contributed by atoms with Crippen molar-refractivity contribution in [2.75, 3.05) is 26.1 Å². The minimum Gasteiger partial charge on any atom is -0.493 e. The van der Waals surface area contributed by atoms with Gasteiger partial charge in [-0.1, -0.05) is 18.2 Å². The highest BCUT2D eigenvalue weighted by atomic mass is 127. The smallest absolute Gasteiger partial charge is 0.193 e. The van der Waals surface area contributed by atoms with E-state index in [1.807, 2.05) is 18.2 Å². The highest BCUT2D eigenvalue weighted by molar-refractivity contribution is 14.0. The molecule has 1 fully saturated rings. The monoisotopic (exact) mass is 471 g/mol. The number of rotatable bonds is 6. The second-order valence-electron chi connectivity index (χ2n) is 6.16. The van der Waals surface area contributed by atoms with Gasteiger partial charge in [0.2, 0.25) is 0 Å². The van der Waals surface area contributed by atoms with Crippen LogP contribution in [0.3, 0.4) is 0 Å². The highest BCUT2D eigenvalue weighted by Gasteiger charge is 2.45. The lowest BCUT2D eigenvalue weighted by Crippen LogP contribution is -2.25. The maximum absolute atomic E-state index is 14.0. The van der Waals surface area contributed by atoms with Gasteiger partial charge in [0.1, 0.15) is 5.82 Å². The first-order valence-corrected chi connectivity index (χ1v) is 8.12. The molecular weight excluding hydrogens is 448 g/mol. The van der Waals surface area contributed by atoms with Crippen LogP contribution >= 0.6 is 24.0 Å². The van der Waals surface area contributed by atoms with E-state index >= 15 is 0 Å². The summed E-state index contributed by atoms with van der Waals surface area (Å²) < 4.78 is 24.5. The topological polar surface area (TPSA) is 68.9 Å². The van der Waals surface area contributed by atoms with Gasteiger partial charge in [-0.15, -0.1) is 24.0 Å². The van der Waals surface area contributed by atoms with E-state index in [1.54, 1.807) is 32.4 Å². The Morgan fingerprint density at radius 2 is 1.85 bits per heavy atom. The summed E-state index contributed by atoms with van der Waals surface area (Å²) in [6.07, 6.45) is 1.84. The van der Waals surface area contributed by atoms with E-state index < -0.39 is 0 Å². The fraction of sp³-hybridized carbons (Fsp3) is 0.316. The minimum absolute atomic E-state index is 0. The number of nitrogens with zero attached hydrogens (tertiary/aromatic N) is 1. The van der Waals surface area contributed by atoms with Crippen LogP contribution in [0, 0.1) is 5.82 Å². The molecule has 7 heteroatoms. The number of guanidine groups is 1. The third kappa shape index (κ3) is 4.38. The quantitative estimate of drug-likeness (QED) is 0.381. The lowest BCUT2D eigenvalue weighted by molar-refractivity contribution is 0.355. The van der Waals surface area contributed by atoms with Crippen LogP contribution in [0.15, 0.2) is 47.5 Å². The predicted molar refractivity (Wildman–Crippen MR) is 112 cm³/mol. The summed E-state index contributed by atoms with van der Waals surface area (Å²) >= 11 is 0. The molecule has 0 heterocycles.